The molecule has 1 aromatic heterocycles. The maximum absolute atomic E-state index is 12.3. The lowest BCUT2D eigenvalue weighted by Gasteiger charge is -2.16. The molecule has 0 saturated carbocycles. The molecule has 0 radical (unpaired) electrons. The number of fused-ring (bicyclic) bond motifs is 1. The Kier molecular flexibility index (Phi) is 5.50. The maximum atomic E-state index is 12.3. The number of carbonyl (C=O) groups excluding carboxylic acids is 2. The summed E-state index contributed by atoms with van der Waals surface area (Å²) in [5, 5.41) is 7.71. The number of rotatable bonds is 5. The number of nitrogens with one attached hydrogen (secondary N) is 1. The zero-order chi connectivity index (χ0) is 20.5. The van der Waals surface area contributed by atoms with Crippen LogP contribution in [0.4, 0.5) is 0 Å². The van der Waals surface area contributed by atoms with Crippen molar-refractivity contribution in [2.75, 3.05) is 11.5 Å². The molecule has 0 bridgehead atoms. The summed E-state index contributed by atoms with van der Waals surface area (Å²) in [6, 6.07) is 6.35. The lowest BCUT2D eigenvalue weighted by atomic mass is 10.1. The van der Waals surface area contributed by atoms with E-state index in [1.165, 1.54) is 14.0 Å². The molecular weight excluding hydrogens is 386 g/mol. The van der Waals surface area contributed by atoms with Gasteiger partial charge in [0.25, 0.3) is 11.5 Å². The Balaban J connectivity index is 1.66. The van der Waals surface area contributed by atoms with Gasteiger partial charge >= 0.3 is 5.97 Å². The monoisotopic (exact) mass is 407 g/mol. The number of aromatic nitrogens is 2. The van der Waals surface area contributed by atoms with E-state index in [4.69, 9.17) is 4.74 Å². The van der Waals surface area contributed by atoms with Crippen molar-refractivity contribution >= 4 is 32.5 Å². The molecule has 1 N–H and O–H groups in total. The number of carbonyl (C=O) groups is 2. The number of ether oxygens (including phenoxy) is 1. The van der Waals surface area contributed by atoms with Crippen LogP contribution < -0.4 is 10.9 Å². The number of hydrogen-bond acceptors (Lipinski definition) is 7. The minimum absolute atomic E-state index is 0.0393. The summed E-state index contributed by atoms with van der Waals surface area (Å²) >= 11 is 0. The van der Waals surface area contributed by atoms with Gasteiger partial charge in [-0.2, -0.15) is 5.10 Å². The summed E-state index contributed by atoms with van der Waals surface area (Å²) in [5.41, 5.74) is 0.101. The third-order valence-electron chi connectivity index (χ3n) is 4.60. The fourth-order valence-electron chi connectivity index (χ4n) is 3.16. The van der Waals surface area contributed by atoms with Gasteiger partial charge in [0, 0.05) is 18.5 Å². The topological polar surface area (TPSA) is 124 Å². The van der Waals surface area contributed by atoms with Crippen molar-refractivity contribution in [2.24, 2.45) is 7.05 Å². The number of nitrogens with zero attached hydrogens (tertiary/aromatic N) is 2. The van der Waals surface area contributed by atoms with Gasteiger partial charge in [-0.3, -0.25) is 14.4 Å². The van der Waals surface area contributed by atoms with Crippen LogP contribution in [0.3, 0.4) is 0 Å². The van der Waals surface area contributed by atoms with E-state index in [0.717, 1.165) is 4.68 Å². The van der Waals surface area contributed by atoms with Gasteiger partial charge in [-0.15, -0.1) is 0 Å². The van der Waals surface area contributed by atoms with Gasteiger partial charge in [-0.05, 0) is 19.4 Å². The highest BCUT2D eigenvalue weighted by Gasteiger charge is 2.30. The molecule has 0 aliphatic carbocycles. The first kappa shape index (κ1) is 20.0. The highest BCUT2D eigenvalue weighted by atomic mass is 32.2. The van der Waals surface area contributed by atoms with E-state index in [1.807, 2.05) is 0 Å². The number of amides is 1. The summed E-state index contributed by atoms with van der Waals surface area (Å²) in [4.78, 5) is 36.6. The van der Waals surface area contributed by atoms with E-state index < -0.39 is 33.9 Å². The van der Waals surface area contributed by atoms with Crippen LogP contribution in [-0.2, 0) is 37.6 Å². The van der Waals surface area contributed by atoms with Crippen molar-refractivity contribution in [1.82, 2.24) is 15.1 Å². The lowest BCUT2D eigenvalue weighted by Crippen LogP contribution is -2.42. The van der Waals surface area contributed by atoms with Crippen LogP contribution in [0.25, 0.3) is 10.8 Å². The van der Waals surface area contributed by atoms with Gasteiger partial charge < -0.3 is 10.1 Å². The Hall–Kier alpha value is -2.75. The summed E-state index contributed by atoms with van der Waals surface area (Å²) < 4.78 is 29.3. The molecule has 2 heterocycles. The van der Waals surface area contributed by atoms with Gasteiger partial charge in [0.1, 0.15) is 0 Å². The number of aryl methyl sites for hydroxylation is 1. The Morgan fingerprint density at radius 2 is 2.00 bits per heavy atom. The average Bonchev–Trinajstić information content (AvgIpc) is 2.97. The fraction of sp³-hybridized carbons (Fsp3) is 0.444. The summed E-state index contributed by atoms with van der Waals surface area (Å²) in [5.74, 6) is -1.28. The molecule has 0 unspecified atom stereocenters. The van der Waals surface area contributed by atoms with E-state index in [1.54, 1.807) is 24.3 Å². The van der Waals surface area contributed by atoms with E-state index >= 15 is 0 Å². The van der Waals surface area contributed by atoms with Crippen molar-refractivity contribution in [3.8, 4) is 0 Å². The number of esters is 1. The minimum atomic E-state index is -3.12. The Morgan fingerprint density at radius 1 is 1.32 bits per heavy atom. The molecule has 1 amide bonds. The predicted molar refractivity (Wildman–Crippen MR) is 101 cm³/mol. The second-order valence-electron chi connectivity index (χ2n) is 6.84. The second-order valence-corrected chi connectivity index (χ2v) is 9.07. The molecular formula is C18H21N3O6S. The maximum Gasteiger partial charge on any atom is 0.312 e. The van der Waals surface area contributed by atoms with Gasteiger partial charge in [-0.1, -0.05) is 18.2 Å². The van der Waals surface area contributed by atoms with Crippen molar-refractivity contribution in [3.63, 3.8) is 0 Å². The SMILES string of the molecule is C[C@H](OC(=O)Cc1nn(C)c(=O)c2ccccc12)C(=O)N[C@@H]1CCS(=O)(=O)C1. The quantitative estimate of drug-likeness (QED) is 0.675. The molecule has 1 aliphatic heterocycles. The second kappa shape index (κ2) is 7.70. The molecule has 1 fully saturated rings. The van der Waals surface area contributed by atoms with Gasteiger partial charge in [0.05, 0.1) is 29.0 Å². The molecule has 28 heavy (non-hydrogen) atoms. The van der Waals surface area contributed by atoms with E-state index in [0.29, 0.717) is 22.9 Å². The largest absolute Gasteiger partial charge is 0.452 e. The highest BCUT2D eigenvalue weighted by Crippen LogP contribution is 2.15. The van der Waals surface area contributed by atoms with Crippen molar-refractivity contribution < 1.29 is 22.7 Å². The van der Waals surface area contributed by atoms with E-state index in [2.05, 4.69) is 10.4 Å². The number of sulfone groups is 1. The van der Waals surface area contributed by atoms with Crippen molar-refractivity contribution in [3.05, 3.63) is 40.3 Å². The average molecular weight is 407 g/mol. The molecule has 1 aliphatic rings. The Bertz CT molecular complexity index is 1090. The third-order valence-corrected chi connectivity index (χ3v) is 6.37. The molecule has 3 rings (SSSR count). The Morgan fingerprint density at radius 3 is 2.64 bits per heavy atom. The summed E-state index contributed by atoms with van der Waals surface area (Å²) in [6.07, 6.45) is -0.929. The van der Waals surface area contributed by atoms with Crippen LogP contribution in [0, 0.1) is 0 Å². The van der Waals surface area contributed by atoms with Crippen LogP contribution in [0.5, 0.6) is 0 Å². The van der Waals surface area contributed by atoms with Crippen LogP contribution >= 0.6 is 0 Å². The molecule has 150 valence electrons. The zero-order valence-corrected chi connectivity index (χ0v) is 16.4. The molecule has 1 aromatic carbocycles. The van der Waals surface area contributed by atoms with Crippen LogP contribution in [0.2, 0.25) is 0 Å². The Labute approximate surface area is 161 Å². The molecule has 9 nitrogen and oxygen atoms in total. The predicted octanol–water partition coefficient (Wildman–Crippen LogP) is -0.289. The first-order valence-corrected chi connectivity index (χ1v) is 10.6. The highest BCUT2D eigenvalue weighted by molar-refractivity contribution is 7.91. The zero-order valence-electron chi connectivity index (χ0n) is 15.5. The van der Waals surface area contributed by atoms with Crippen molar-refractivity contribution in [2.45, 2.75) is 31.9 Å². The first-order valence-electron chi connectivity index (χ1n) is 8.81. The number of hydrogen-bond donors (Lipinski definition) is 1. The van der Waals surface area contributed by atoms with Crippen LogP contribution in [0.15, 0.2) is 29.1 Å². The smallest absolute Gasteiger partial charge is 0.312 e. The van der Waals surface area contributed by atoms with E-state index in [-0.39, 0.29) is 23.5 Å². The molecule has 10 heteroatoms. The lowest BCUT2D eigenvalue weighted by molar-refractivity contribution is -0.154. The summed E-state index contributed by atoms with van der Waals surface area (Å²) in [7, 11) is -1.62. The fourth-order valence-corrected chi connectivity index (χ4v) is 4.84. The van der Waals surface area contributed by atoms with Gasteiger partial charge in [0.15, 0.2) is 15.9 Å². The molecule has 0 spiro atoms. The van der Waals surface area contributed by atoms with Crippen LogP contribution in [0.1, 0.15) is 19.0 Å². The molecule has 1 saturated heterocycles. The summed E-state index contributed by atoms with van der Waals surface area (Å²) in [6.45, 7) is 1.42. The standard InChI is InChI=1S/C18H21N3O6S/c1-11(17(23)19-12-7-8-28(25,26)10-12)27-16(22)9-15-13-5-3-4-6-14(13)18(24)21(2)20-15/h3-6,11-12H,7-10H2,1-2H3,(H,19,23)/t11-,12+/m0/s1. The third kappa shape index (κ3) is 4.38. The molecule has 2 aromatic rings. The molecule has 2 atom stereocenters. The van der Waals surface area contributed by atoms with Gasteiger partial charge in [-0.25, -0.2) is 13.1 Å². The first-order chi connectivity index (χ1) is 13.2. The van der Waals surface area contributed by atoms with Crippen LogP contribution in [-0.4, -0.2) is 53.7 Å². The van der Waals surface area contributed by atoms with Crippen molar-refractivity contribution in [1.29, 1.82) is 0 Å². The van der Waals surface area contributed by atoms with Gasteiger partial charge in [0.2, 0.25) is 0 Å². The normalized spacial score (nSPS) is 19.3. The number of benzene rings is 1. The minimum Gasteiger partial charge on any atom is -0.452 e. The van der Waals surface area contributed by atoms with E-state index in [9.17, 15) is 22.8 Å².